The maximum Gasteiger partial charge on any atom is 0.274 e. The molecule has 0 spiro atoms. The van der Waals surface area contributed by atoms with Crippen LogP contribution in [0.2, 0.25) is 5.02 Å². The normalized spacial score (nSPS) is 10.8. The third kappa shape index (κ3) is 2.29. The van der Waals surface area contributed by atoms with Crippen molar-refractivity contribution in [2.75, 3.05) is 0 Å². The number of benzene rings is 1. The van der Waals surface area contributed by atoms with Crippen molar-refractivity contribution in [1.82, 2.24) is 9.78 Å². The number of aryl methyl sites for hydroxylation is 1. The van der Waals surface area contributed by atoms with E-state index in [1.807, 2.05) is 19.1 Å². The zero-order chi connectivity index (χ0) is 12.4. The lowest BCUT2D eigenvalue weighted by Crippen LogP contribution is -2.17. The minimum absolute atomic E-state index is 0.0340. The number of nitrogens with one attached hydrogen (secondary N) is 1. The first-order chi connectivity index (χ1) is 8.13. The van der Waals surface area contributed by atoms with Gasteiger partial charge in [-0.3, -0.25) is 9.89 Å². The Bertz CT molecular complexity index is 566. The highest BCUT2D eigenvalue weighted by atomic mass is 35.5. The predicted octanol–water partition coefficient (Wildman–Crippen LogP) is 3.08. The lowest BCUT2D eigenvalue weighted by Gasteiger charge is -2.00. The number of H-pyrrole nitrogens is 1. The molecule has 1 heterocycles. The van der Waals surface area contributed by atoms with Gasteiger partial charge in [0.25, 0.3) is 5.56 Å². The first-order valence-electron chi connectivity index (χ1n) is 5.70. The van der Waals surface area contributed by atoms with Crippen LogP contribution in [0.3, 0.4) is 0 Å². The molecule has 1 aromatic carbocycles. The van der Waals surface area contributed by atoms with Crippen molar-refractivity contribution in [2.24, 2.45) is 0 Å². The minimum atomic E-state index is 0.0340. The van der Waals surface area contributed by atoms with Crippen LogP contribution in [0.5, 0.6) is 0 Å². The molecule has 0 amide bonds. The van der Waals surface area contributed by atoms with Crippen LogP contribution >= 0.6 is 11.6 Å². The minimum Gasteiger partial charge on any atom is -0.295 e. The van der Waals surface area contributed by atoms with Crippen LogP contribution in [0, 0.1) is 6.92 Å². The second-order valence-corrected chi connectivity index (χ2v) is 4.52. The Morgan fingerprint density at radius 2 is 1.94 bits per heavy atom. The summed E-state index contributed by atoms with van der Waals surface area (Å²) in [5.41, 5.74) is 2.64. The van der Waals surface area contributed by atoms with Gasteiger partial charge in [-0.2, -0.15) is 0 Å². The number of aromatic nitrogens is 2. The molecule has 90 valence electrons. The van der Waals surface area contributed by atoms with E-state index in [0.29, 0.717) is 5.02 Å². The van der Waals surface area contributed by atoms with Gasteiger partial charge in [-0.25, -0.2) is 4.68 Å². The molecule has 2 rings (SSSR count). The summed E-state index contributed by atoms with van der Waals surface area (Å²) in [6.07, 6.45) is 1.77. The molecule has 1 N–H and O–H groups in total. The number of halogens is 1. The lowest BCUT2D eigenvalue weighted by molar-refractivity contribution is 0.833. The topological polar surface area (TPSA) is 37.8 Å². The molecule has 17 heavy (non-hydrogen) atoms. The molecule has 1 aromatic heterocycles. The average molecular weight is 251 g/mol. The van der Waals surface area contributed by atoms with Crippen LogP contribution in [-0.4, -0.2) is 9.78 Å². The Labute approximate surface area is 105 Å². The van der Waals surface area contributed by atoms with Gasteiger partial charge in [-0.05, 0) is 37.6 Å². The summed E-state index contributed by atoms with van der Waals surface area (Å²) in [6.45, 7) is 4.00. The van der Waals surface area contributed by atoms with Crippen molar-refractivity contribution in [3.63, 3.8) is 0 Å². The van der Waals surface area contributed by atoms with E-state index >= 15 is 0 Å². The van der Waals surface area contributed by atoms with Gasteiger partial charge in [0.05, 0.1) is 5.69 Å². The molecule has 0 fully saturated rings. The molecule has 0 aliphatic rings. The molecular weight excluding hydrogens is 236 g/mol. The zero-order valence-corrected chi connectivity index (χ0v) is 10.7. The molecule has 0 aliphatic heterocycles. The van der Waals surface area contributed by atoms with Crippen LogP contribution in [0.4, 0.5) is 0 Å². The van der Waals surface area contributed by atoms with Crippen molar-refractivity contribution in [3.05, 3.63) is 50.9 Å². The van der Waals surface area contributed by atoms with Gasteiger partial charge >= 0.3 is 0 Å². The van der Waals surface area contributed by atoms with Crippen molar-refractivity contribution in [2.45, 2.75) is 26.7 Å². The van der Waals surface area contributed by atoms with E-state index in [2.05, 4.69) is 12.0 Å². The second-order valence-electron chi connectivity index (χ2n) is 4.08. The fourth-order valence-electron chi connectivity index (χ4n) is 1.90. The van der Waals surface area contributed by atoms with E-state index in [1.165, 1.54) is 0 Å². The van der Waals surface area contributed by atoms with Gasteiger partial charge in [0.1, 0.15) is 0 Å². The average Bonchev–Trinajstić information content (AvgIpc) is 2.59. The summed E-state index contributed by atoms with van der Waals surface area (Å²) in [5, 5.41) is 3.76. The molecule has 0 atom stereocenters. The number of hydrogen-bond donors (Lipinski definition) is 1. The standard InChI is InChI=1S/C13H15ClN2O/c1-3-4-12-9(2)15-16(13(12)17)11-7-5-10(14)6-8-11/h5-8,15H,3-4H2,1-2H3. The summed E-state index contributed by atoms with van der Waals surface area (Å²) >= 11 is 5.83. The van der Waals surface area contributed by atoms with Crippen LogP contribution in [0.1, 0.15) is 24.6 Å². The lowest BCUT2D eigenvalue weighted by atomic mass is 10.1. The smallest absolute Gasteiger partial charge is 0.274 e. The molecule has 3 nitrogen and oxygen atoms in total. The SMILES string of the molecule is CCCc1c(C)[nH]n(-c2ccc(Cl)cc2)c1=O. The highest BCUT2D eigenvalue weighted by molar-refractivity contribution is 6.30. The molecule has 2 aromatic rings. The molecular formula is C13H15ClN2O. The highest BCUT2D eigenvalue weighted by Crippen LogP contribution is 2.13. The first kappa shape index (κ1) is 12.0. The van der Waals surface area contributed by atoms with E-state index in [0.717, 1.165) is 29.8 Å². The van der Waals surface area contributed by atoms with Crippen LogP contribution in [0.15, 0.2) is 29.1 Å². The summed E-state index contributed by atoms with van der Waals surface area (Å²) in [4.78, 5) is 12.2. The quantitative estimate of drug-likeness (QED) is 0.893. The number of rotatable bonds is 3. The first-order valence-corrected chi connectivity index (χ1v) is 6.07. The van der Waals surface area contributed by atoms with Gasteiger partial charge in [0.15, 0.2) is 0 Å². The third-order valence-electron chi connectivity index (χ3n) is 2.78. The van der Waals surface area contributed by atoms with E-state index in [-0.39, 0.29) is 5.56 Å². The number of aromatic amines is 1. The molecule has 0 saturated carbocycles. The van der Waals surface area contributed by atoms with Gasteiger partial charge < -0.3 is 0 Å². The summed E-state index contributed by atoms with van der Waals surface area (Å²) < 4.78 is 1.57. The predicted molar refractivity (Wildman–Crippen MR) is 70.1 cm³/mol. The van der Waals surface area contributed by atoms with Crippen LogP contribution in [0.25, 0.3) is 5.69 Å². The molecule has 0 saturated heterocycles. The summed E-state index contributed by atoms with van der Waals surface area (Å²) in [6, 6.07) is 7.21. The monoisotopic (exact) mass is 250 g/mol. The van der Waals surface area contributed by atoms with E-state index in [4.69, 9.17) is 11.6 Å². The summed E-state index contributed by atoms with van der Waals surface area (Å²) in [7, 11) is 0. The Morgan fingerprint density at radius 1 is 1.29 bits per heavy atom. The maximum atomic E-state index is 12.2. The highest BCUT2D eigenvalue weighted by Gasteiger charge is 2.10. The zero-order valence-electron chi connectivity index (χ0n) is 9.96. The van der Waals surface area contributed by atoms with Crippen LogP contribution in [-0.2, 0) is 6.42 Å². The molecule has 0 unspecified atom stereocenters. The third-order valence-corrected chi connectivity index (χ3v) is 3.03. The van der Waals surface area contributed by atoms with Crippen molar-refractivity contribution >= 4 is 11.6 Å². The Kier molecular flexibility index (Phi) is 3.38. The molecule has 4 heteroatoms. The fraction of sp³-hybridized carbons (Fsp3) is 0.308. The molecule has 0 aliphatic carbocycles. The number of hydrogen-bond acceptors (Lipinski definition) is 1. The van der Waals surface area contributed by atoms with Crippen molar-refractivity contribution < 1.29 is 0 Å². The fourth-order valence-corrected chi connectivity index (χ4v) is 2.02. The molecule has 0 bridgehead atoms. The van der Waals surface area contributed by atoms with Gasteiger partial charge in [-0.1, -0.05) is 24.9 Å². The Balaban J connectivity index is 2.50. The molecule has 0 radical (unpaired) electrons. The van der Waals surface area contributed by atoms with Gasteiger partial charge in [0, 0.05) is 16.3 Å². The van der Waals surface area contributed by atoms with Crippen molar-refractivity contribution in [3.8, 4) is 5.69 Å². The van der Waals surface area contributed by atoms with E-state index in [9.17, 15) is 4.79 Å². The maximum absolute atomic E-state index is 12.2. The Morgan fingerprint density at radius 3 is 2.53 bits per heavy atom. The van der Waals surface area contributed by atoms with E-state index in [1.54, 1.807) is 16.8 Å². The van der Waals surface area contributed by atoms with Crippen molar-refractivity contribution in [1.29, 1.82) is 0 Å². The van der Waals surface area contributed by atoms with Crippen LogP contribution < -0.4 is 5.56 Å². The largest absolute Gasteiger partial charge is 0.295 e. The van der Waals surface area contributed by atoms with E-state index < -0.39 is 0 Å². The van der Waals surface area contributed by atoms with Gasteiger partial charge in [-0.15, -0.1) is 0 Å². The summed E-state index contributed by atoms with van der Waals surface area (Å²) in [5.74, 6) is 0. The second kappa shape index (κ2) is 4.80. The number of nitrogens with zero attached hydrogens (tertiary/aromatic N) is 1. The Hall–Kier alpha value is -1.48. The van der Waals surface area contributed by atoms with Gasteiger partial charge in [0.2, 0.25) is 0 Å².